The molecule has 0 aliphatic heterocycles. The van der Waals surface area contributed by atoms with Crippen molar-refractivity contribution >= 4 is 6.09 Å². The second-order valence-electron chi connectivity index (χ2n) is 6.09. The molecule has 4 heteroatoms. The molecule has 0 bridgehead atoms. The van der Waals surface area contributed by atoms with Crippen LogP contribution in [-0.2, 0) is 16.7 Å². The van der Waals surface area contributed by atoms with Crippen LogP contribution in [0.3, 0.4) is 0 Å². The summed E-state index contributed by atoms with van der Waals surface area (Å²) in [6.45, 7) is 0. The smallest absolute Gasteiger partial charge is 0.407 e. The predicted octanol–water partition coefficient (Wildman–Crippen LogP) is 3.38. The zero-order chi connectivity index (χ0) is 14.9. The Labute approximate surface area is 125 Å². The van der Waals surface area contributed by atoms with Gasteiger partial charge in [-0.15, -0.1) is 0 Å². The zero-order valence-electron chi connectivity index (χ0n) is 12.8. The summed E-state index contributed by atoms with van der Waals surface area (Å²) < 4.78 is 10.3. The molecule has 0 saturated heterocycles. The summed E-state index contributed by atoms with van der Waals surface area (Å²) in [6, 6.07) is 6.25. The van der Waals surface area contributed by atoms with Crippen molar-refractivity contribution in [1.29, 1.82) is 0 Å². The summed E-state index contributed by atoms with van der Waals surface area (Å²) in [4.78, 5) is 11.9. The number of aryl methyl sites for hydroxylation is 1. The molecule has 2 atom stereocenters. The lowest BCUT2D eigenvalue weighted by molar-refractivity contribution is 0.0985. The number of benzene rings is 1. The Kier molecular flexibility index (Phi) is 3.79. The van der Waals surface area contributed by atoms with Crippen LogP contribution in [-0.4, -0.2) is 20.3 Å². The van der Waals surface area contributed by atoms with Gasteiger partial charge >= 0.3 is 6.09 Å². The normalized spacial score (nSPS) is 27.2. The highest BCUT2D eigenvalue weighted by molar-refractivity contribution is 5.69. The van der Waals surface area contributed by atoms with E-state index in [-0.39, 0.29) is 11.6 Å². The lowest BCUT2D eigenvalue weighted by Gasteiger charge is -2.48. The van der Waals surface area contributed by atoms with Crippen LogP contribution in [0.1, 0.15) is 43.2 Å². The number of carbonyl (C=O) groups excluding carboxylic acids is 1. The van der Waals surface area contributed by atoms with Crippen molar-refractivity contribution in [3.63, 3.8) is 0 Å². The maximum absolute atomic E-state index is 11.9. The monoisotopic (exact) mass is 289 g/mol. The molecule has 1 fully saturated rings. The Bertz CT molecular complexity index is 543. The van der Waals surface area contributed by atoms with Crippen LogP contribution in [0.5, 0.6) is 5.75 Å². The van der Waals surface area contributed by atoms with Crippen molar-refractivity contribution in [2.45, 2.75) is 44.1 Å². The molecule has 1 aromatic carbocycles. The van der Waals surface area contributed by atoms with Crippen LogP contribution in [0.2, 0.25) is 0 Å². The average Bonchev–Trinajstić information content (AvgIpc) is 2.54. The highest BCUT2D eigenvalue weighted by atomic mass is 16.5. The van der Waals surface area contributed by atoms with E-state index in [1.165, 1.54) is 31.1 Å². The van der Waals surface area contributed by atoms with Crippen LogP contribution in [0, 0.1) is 5.92 Å². The highest BCUT2D eigenvalue weighted by Gasteiger charge is 2.47. The van der Waals surface area contributed by atoms with Gasteiger partial charge in [0.25, 0.3) is 0 Å². The number of carbonyl (C=O) groups is 1. The van der Waals surface area contributed by atoms with Gasteiger partial charge in [-0.3, -0.25) is 0 Å². The van der Waals surface area contributed by atoms with Gasteiger partial charge in [0.05, 0.1) is 19.8 Å². The largest absolute Gasteiger partial charge is 0.497 e. The maximum atomic E-state index is 11.9. The number of ether oxygens (including phenoxy) is 2. The third-order valence-corrected chi connectivity index (χ3v) is 5.14. The molecule has 1 saturated carbocycles. The van der Waals surface area contributed by atoms with Crippen LogP contribution >= 0.6 is 0 Å². The van der Waals surface area contributed by atoms with Gasteiger partial charge in [0.15, 0.2) is 0 Å². The van der Waals surface area contributed by atoms with E-state index in [9.17, 15) is 4.79 Å². The van der Waals surface area contributed by atoms with Gasteiger partial charge in [0.1, 0.15) is 5.75 Å². The van der Waals surface area contributed by atoms with E-state index in [0.29, 0.717) is 5.92 Å². The van der Waals surface area contributed by atoms with E-state index < -0.39 is 0 Å². The molecule has 0 aromatic heterocycles. The van der Waals surface area contributed by atoms with Gasteiger partial charge in [-0.05, 0) is 54.9 Å². The first kappa shape index (κ1) is 14.2. The maximum Gasteiger partial charge on any atom is 0.407 e. The van der Waals surface area contributed by atoms with Gasteiger partial charge in [-0.25, -0.2) is 4.79 Å². The topological polar surface area (TPSA) is 47.6 Å². The molecule has 1 N–H and O–H groups in total. The molecule has 1 amide bonds. The molecular formula is C17H23NO3. The molecule has 2 aliphatic rings. The molecule has 0 heterocycles. The number of hydrogen-bond acceptors (Lipinski definition) is 3. The first-order chi connectivity index (χ1) is 10.2. The van der Waals surface area contributed by atoms with Crippen LogP contribution in [0.4, 0.5) is 4.79 Å². The SMILES string of the molecule is COC(=O)NC12CCCCC1CCc1ccc(OC)cc12. The molecule has 3 rings (SSSR count). The second-order valence-corrected chi connectivity index (χ2v) is 6.09. The minimum Gasteiger partial charge on any atom is -0.497 e. The fraction of sp³-hybridized carbons (Fsp3) is 0.588. The Balaban J connectivity index is 2.08. The number of alkyl carbamates (subject to hydrolysis) is 1. The van der Waals surface area contributed by atoms with Gasteiger partial charge < -0.3 is 14.8 Å². The quantitative estimate of drug-likeness (QED) is 0.908. The summed E-state index contributed by atoms with van der Waals surface area (Å²) in [5.74, 6) is 1.34. The number of hydrogen-bond donors (Lipinski definition) is 1. The lowest BCUT2D eigenvalue weighted by atomic mass is 9.62. The molecule has 1 aromatic rings. The van der Waals surface area contributed by atoms with E-state index >= 15 is 0 Å². The summed E-state index contributed by atoms with van der Waals surface area (Å²) in [7, 11) is 3.11. The van der Waals surface area contributed by atoms with Gasteiger partial charge in [0, 0.05) is 0 Å². The van der Waals surface area contributed by atoms with Gasteiger partial charge in [-0.1, -0.05) is 18.9 Å². The number of amides is 1. The van der Waals surface area contributed by atoms with E-state index in [4.69, 9.17) is 9.47 Å². The van der Waals surface area contributed by atoms with Crippen molar-refractivity contribution in [1.82, 2.24) is 5.32 Å². The minimum atomic E-state index is -0.336. The number of fused-ring (bicyclic) bond motifs is 3. The van der Waals surface area contributed by atoms with Crippen molar-refractivity contribution in [3.05, 3.63) is 29.3 Å². The first-order valence-corrected chi connectivity index (χ1v) is 7.73. The van der Waals surface area contributed by atoms with Crippen LogP contribution in [0.15, 0.2) is 18.2 Å². The Morgan fingerprint density at radius 1 is 1.29 bits per heavy atom. The molecule has 4 nitrogen and oxygen atoms in total. The summed E-state index contributed by atoms with van der Waals surface area (Å²) in [5, 5.41) is 3.17. The Hall–Kier alpha value is -1.71. The highest BCUT2D eigenvalue weighted by Crippen LogP contribution is 2.49. The molecule has 0 spiro atoms. The minimum absolute atomic E-state index is 0.284. The number of nitrogens with one attached hydrogen (secondary N) is 1. The van der Waals surface area contributed by atoms with Crippen LogP contribution < -0.4 is 10.1 Å². The van der Waals surface area contributed by atoms with Gasteiger partial charge in [-0.2, -0.15) is 0 Å². The van der Waals surface area contributed by atoms with E-state index in [2.05, 4.69) is 17.4 Å². The van der Waals surface area contributed by atoms with Crippen molar-refractivity contribution < 1.29 is 14.3 Å². The molecular weight excluding hydrogens is 266 g/mol. The number of methoxy groups -OCH3 is 2. The van der Waals surface area contributed by atoms with E-state index in [0.717, 1.165) is 31.4 Å². The second kappa shape index (κ2) is 5.58. The zero-order valence-corrected chi connectivity index (χ0v) is 12.8. The first-order valence-electron chi connectivity index (χ1n) is 7.73. The van der Waals surface area contributed by atoms with Crippen molar-refractivity contribution in [2.24, 2.45) is 5.92 Å². The molecule has 0 radical (unpaired) electrons. The Morgan fingerprint density at radius 2 is 2.14 bits per heavy atom. The molecule has 21 heavy (non-hydrogen) atoms. The lowest BCUT2D eigenvalue weighted by Crippen LogP contribution is -2.54. The van der Waals surface area contributed by atoms with Crippen molar-refractivity contribution in [2.75, 3.05) is 14.2 Å². The van der Waals surface area contributed by atoms with Crippen molar-refractivity contribution in [3.8, 4) is 5.75 Å². The summed E-state index contributed by atoms with van der Waals surface area (Å²) >= 11 is 0. The third-order valence-electron chi connectivity index (χ3n) is 5.14. The summed E-state index contributed by atoms with van der Waals surface area (Å²) in [6.07, 6.45) is 6.40. The van der Waals surface area contributed by atoms with Crippen LogP contribution in [0.25, 0.3) is 0 Å². The predicted molar refractivity (Wildman–Crippen MR) is 80.5 cm³/mol. The molecule has 2 unspecified atom stereocenters. The Morgan fingerprint density at radius 3 is 2.90 bits per heavy atom. The fourth-order valence-corrected chi connectivity index (χ4v) is 4.10. The van der Waals surface area contributed by atoms with Gasteiger partial charge in [0.2, 0.25) is 0 Å². The van der Waals surface area contributed by atoms with E-state index in [1.807, 2.05) is 6.07 Å². The fourth-order valence-electron chi connectivity index (χ4n) is 4.10. The third kappa shape index (κ3) is 2.37. The average molecular weight is 289 g/mol. The molecule has 114 valence electrons. The summed E-state index contributed by atoms with van der Waals surface area (Å²) in [5.41, 5.74) is 2.27. The number of rotatable bonds is 2. The standard InChI is InChI=1S/C17H23NO3/c1-20-14-9-7-12-6-8-13-5-3-4-10-17(13,15(12)11-14)18-16(19)21-2/h7,9,11,13H,3-6,8,10H2,1-2H3,(H,18,19). The van der Waals surface area contributed by atoms with E-state index in [1.54, 1.807) is 7.11 Å². The molecule has 2 aliphatic carbocycles.